The standard InChI is InChI=1S/C15H15NO5/c1-8-12-13(16-21-8)11-9(14(17)15(12,2)18)5-4-6-10(11)20-7-19-3/h4-6,18H,7H2,1-3H3. The van der Waals surface area contributed by atoms with E-state index in [1.807, 2.05) is 0 Å². The van der Waals surface area contributed by atoms with E-state index in [4.69, 9.17) is 14.0 Å². The van der Waals surface area contributed by atoms with Crippen molar-refractivity contribution in [1.29, 1.82) is 0 Å². The second kappa shape index (κ2) is 4.68. The normalized spacial score (nSPS) is 20.1. The summed E-state index contributed by atoms with van der Waals surface area (Å²) in [4.78, 5) is 12.6. The zero-order valence-corrected chi connectivity index (χ0v) is 12.0. The van der Waals surface area contributed by atoms with Crippen LogP contribution in [0.25, 0.3) is 11.3 Å². The van der Waals surface area contributed by atoms with Crippen LogP contribution in [0.2, 0.25) is 0 Å². The van der Waals surface area contributed by atoms with Crippen LogP contribution < -0.4 is 4.74 Å². The number of aryl methyl sites for hydroxylation is 1. The van der Waals surface area contributed by atoms with Gasteiger partial charge < -0.3 is 19.1 Å². The number of carbonyl (C=O) groups is 1. The van der Waals surface area contributed by atoms with Gasteiger partial charge in [-0.2, -0.15) is 0 Å². The van der Waals surface area contributed by atoms with Crippen molar-refractivity contribution in [2.45, 2.75) is 19.4 Å². The summed E-state index contributed by atoms with van der Waals surface area (Å²) in [6, 6.07) is 5.05. The molecule has 1 unspecified atom stereocenters. The highest BCUT2D eigenvalue weighted by molar-refractivity contribution is 6.12. The van der Waals surface area contributed by atoms with Crippen molar-refractivity contribution in [3.8, 4) is 17.0 Å². The molecule has 21 heavy (non-hydrogen) atoms. The first kappa shape index (κ1) is 13.8. The third kappa shape index (κ3) is 1.87. The number of fused-ring (bicyclic) bond motifs is 3. The van der Waals surface area contributed by atoms with Gasteiger partial charge in [0.2, 0.25) is 0 Å². The second-order valence-electron chi connectivity index (χ2n) is 5.09. The molecule has 1 aromatic heterocycles. The Kier molecular flexibility index (Phi) is 3.07. The fourth-order valence-electron chi connectivity index (χ4n) is 2.70. The number of rotatable bonds is 3. The molecular weight excluding hydrogens is 274 g/mol. The number of ether oxygens (including phenoxy) is 2. The molecule has 0 radical (unpaired) electrons. The van der Waals surface area contributed by atoms with Crippen LogP contribution >= 0.6 is 0 Å². The number of Topliss-reactive ketones (excluding diaryl/α,β-unsaturated/α-hetero) is 1. The lowest BCUT2D eigenvalue weighted by Crippen LogP contribution is -2.36. The Bertz CT molecular complexity index is 717. The van der Waals surface area contributed by atoms with Crippen LogP contribution in [0.3, 0.4) is 0 Å². The zero-order valence-electron chi connectivity index (χ0n) is 12.0. The van der Waals surface area contributed by atoms with Crippen LogP contribution in [0, 0.1) is 6.92 Å². The van der Waals surface area contributed by atoms with Gasteiger partial charge in [-0.25, -0.2) is 0 Å². The summed E-state index contributed by atoms with van der Waals surface area (Å²) < 4.78 is 15.6. The Labute approximate surface area is 121 Å². The van der Waals surface area contributed by atoms with Crippen LogP contribution in [-0.4, -0.2) is 29.9 Å². The number of benzene rings is 1. The van der Waals surface area contributed by atoms with Crippen molar-refractivity contribution < 1.29 is 23.9 Å². The molecule has 1 atom stereocenters. The van der Waals surface area contributed by atoms with E-state index < -0.39 is 11.4 Å². The van der Waals surface area contributed by atoms with Gasteiger partial charge >= 0.3 is 0 Å². The Morgan fingerprint density at radius 2 is 2.19 bits per heavy atom. The van der Waals surface area contributed by atoms with Crippen molar-refractivity contribution >= 4 is 5.78 Å². The molecule has 0 saturated heterocycles. The molecule has 1 aliphatic carbocycles. The van der Waals surface area contributed by atoms with E-state index in [0.29, 0.717) is 33.9 Å². The second-order valence-corrected chi connectivity index (χ2v) is 5.09. The molecule has 110 valence electrons. The summed E-state index contributed by atoms with van der Waals surface area (Å²) in [7, 11) is 1.51. The highest BCUT2D eigenvalue weighted by Gasteiger charge is 2.46. The first-order valence-corrected chi connectivity index (χ1v) is 6.47. The van der Waals surface area contributed by atoms with Gasteiger partial charge in [-0.15, -0.1) is 0 Å². The van der Waals surface area contributed by atoms with Crippen LogP contribution in [-0.2, 0) is 10.3 Å². The van der Waals surface area contributed by atoms with Gasteiger partial charge in [0.15, 0.2) is 18.2 Å². The quantitative estimate of drug-likeness (QED) is 0.871. The van der Waals surface area contributed by atoms with Crippen molar-refractivity contribution in [1.82, 2.24) is 5.16 Å². The molecule has 0 spiro atoms. The maximum absolute atomic E-state index is 12.6. The van der Waals surface area contributed by atoms with Crippen LogP contribution in [0.1, 0.15) is 28.6 Å². The third-order valence-electron chi connectivity index (χ3n) is 3.63. The first-order chi connectivity index (χ1) is 9.98. The molecular formula is C15H15NO5. The minimum atomic E-state index is -1.66. The average molecular weight is 289 g/mol. The van der Waals surface area contributed by atoms with E-state index in [0.717, 1.165) is 0 Å². The van der Waals surface area contributed by atoms with Gasteiger partial charge in [0.05, 0.1) is 11.1 Å². The topological polar surface area (TPSA) is 81.8 Å². The first-order valence-electron chi connectivity index (χ1n) is 6.47. The number of hydrogen-bond acceptors (Lipinski definition) is 6. The van der Waals surface area contributed by atoms with E-state index in [1.165, 1.54) is 14.0 Å². The minimum absolute atomic E-state index is 0.0488. The number of methoxy groups -OCH3 is 1. The molecule has 1 heterocycles. The molecule has 6 nitrogen and oxygen atoms in total. The van der Waals surface area contributed by atoms with Gasteiger partial charge in [0.1, 0.15) is 17.2 Å². The van der Waals surface area contributed by atoms with Crippen LogP contribution in [0.5, 0.6) is 5.75 Å². The summed E-state index contributed by atoms with van der Waals surface area (Å²) >= 11 is 0. The lowest BCUT2D eigenvalue weighted by atomic mass is 9.77. The monoisotopic (exact) mass is 289 g/mol. The van der Waals surface area contributed by atoms with E-state index in [-0.39, 0.29) is 6.79 Å². The fraction of sp³-hybridized carbons (Fsp3) is 0.333. The van der Waals surface area contributed by atoms with Crippen LogP contribution in [0.15, 0.2) is 22.7 Å². The van der Waals surface area contributed by atoms with Crippen molar-refractivity contribution in [2.24, 2.45) is 0 Å². The third-order valence-corrected chi connectivity index (χ3v) is 3.63. The van der Waals surface area contributed by atoms with Crippen molar-refractivity contribution in [3.05, 3.63) is 35.1 Å². The van der Waals surface area contributed by atoms with E-state index in [1.54, 1.807) is 25.1 Å². The zero-order chi connectivity index (χ0) is 15.2. The van der Waals surface area contributed by atoms with E-state index >= 15 is 0 Å². The fourth-order valence-corrected chi connectivity index (χ4v) is 2.70. The predicted molar refractivity (Wildman–Crippen MR) is 73.1 cm³/mol. The summed E-state index contributed by atoms with van der Waals surface area (Å²) in [5.41, 5.74) is 0.0337. The Morgan fingerprint density at radius 3 is 2.90 bits per heavy atom. The lowest BCUT2D eigenvalue weighted by Gasteiger charge is -2.28. The number of carbonyl (C=O) groups excluding carboxylic acids is 1. The smallest absolute Gasteiger partial charge is 0.199 e. The molecule has 0 fully saturated rings. The van der Waals surface area contributed by atoms with Crippen molar-refractivity contribution in [3.63, 3.8) is 0 Å². The predicted octanol–water partition coefficient (Wildman–Crippen LogP) is 2.04. The highest BCUT2D eigenvalue weighted by atomic mass is 16.7. The van der Waals surface area contributed by atoms with E-state index in [9.17, 15) is 9.90 Å². The van der Waals surface area contributed by atoms with Crippen LogP contribution in [0.4, 0.5) is 0 Å². The van der Waals surface area contributed by atoms with E-state index in [2.05, 4.69) is 5.16 Å². The molecule has 2 aromatic rings. The lowest BCUT2D eigenvalue weighted by molar-refractivity contribution is 0.0374. The van der Waals surface area contributed by atoms with Gasteiger partial charge in [-0.05, 0) is 19.9 Å². The minimum Gasteiger partial charge on any atom is -0.467 e. The molecule has 3 rings (SSSR count). The maximum Gasteiger partial charge on any atom is 0.199 e. The molecule has 0 amide bonds. The Morgan fingerprint density at radius 1 is 1.43 bits per heavy atom. The largest absolute Gasteiger partial charge is 0.467 e. The van der Waals surface area contributed by atoms with Gasteiger partial charge in [-0.3, -0.25) is 4.79 Å². The summed E-state index contributed by atoms with van der Waals surface area (Å²) in [6.45, 7) is 3.16. The molecule has 6 heteroatoms. The number of nitrogens with zero attached hydrogens (tertiary/aromatic N) is 1. The number of ketones is 1. The number of hydrogen-bond donors (Lipinski definition) is 1. The Balaban J connectivity index is 2.28. The molecule has 0 bridgehead atoms. The molecule has 0 aliphatic heterocycles. The SMILES string of the molecule is COCOc1cccc2c1-c1noc(C)c1C(C)(O)C2=O. The number of aromatic nitrogens is 1. The highest BCUT2D eigenvalue weighted by Crippen LogP contribution is 2.46. The molecule has 0 saturated carbocycles. The maximum atomic E-state index is 12.6. The summed E-state index contributed by atoms with van der Waals surface area (Å²) in [5.74, 6) is 0.475. The van der Waals surface area contributed by atoms with Crippen molar-refractivity contribution in [2.75, 3.05) is 13.9 Å². The summed E-state index contributed by atoms with van der Waals surface area (Å²) in [5, 5.41) is 14.6. The summed E-state index contributed by atoms with van der Waals surface area (Å²) in [6.07, 6.45) is 0. The molecule has 1 aromatic carbocycles. The number of aliphatic hydroxyl groups is 1. The average Bonchev–Trinajstić information content (AvgIpc) is 2.85. The van der Waals surface area contributed by atoms with Gasteiger partial charge in [0.25, 0.3) is 0 Å². The van der Waals surface area contributed by atoms with Gasteiger partial charge in [-0.1, -0.05) is 17.3 Å². The Hall–Kier alpha value is -2.18. The molecule has 1 N–H and O–H groups in total. The van der Waals surface area contributed by atoms with Gasteiger partial charge in [0, 0.05) is 12.7 Å². The molecule has 1 aliphatic rings.